The van der Waals surface area contributed by atoms with E-state index < -0.39 is 11.2 Å². The lowest BCUT2D eigenvalue weighted by atomic mass is 10.2. The van der Waals surface area contributed by atoms with Crippen LogP contribution in [-0.2, 0) is 6.54 Å². The van der Waals surface area contributed by atoms with E-state index in [0.29, 0.717) is 38.3 Å². The van der Waals surface area contributed by atoms with E-state index in [4.69, 9.17) is 23.2 Å². The molecule has 28 heavy (non-hydrogen) atoms. The minimum Gasteiger partial charge on any atom is -0.328 e. The first kappa shape index (κ1) is 18.9. The third kappa shape index (κ3) is 3.61. The molecule has 6 nitrogen and oxygen atoms in total. The SMILES string of the molecule is O=c1nc2n(Cc3ccc(Cl)nc3)cccc-2c(=O)n1-c1cc(Cl)cc(Br)c1. The summed E-state index contributed by atoms with van der Waals surface area (Å²) in [7, 11) is 0. The zero-order valence-electron chi connectivity index (χ0n) is 14.1. The highest BCUT2D eigenvalue weighted by atomic mass is 79.9. The van der Waals surface area contributed by atoms with Crippen LogP contribution < -0.4 is 11.2 Å². The van der Waals surface area contributed by atoms with Gasteiger partial charge < -0.3 is 4.57 Å². The van der Waals surface area contributed by atoms with Crippen LogP contribution in [0.1, 0.15) is 5.56 Å². The van der Waals surface area contributed by atoms with Crippen LogP contribution in [0.25, 0.3) is 17.1 Å². The van der Waals surface area contributed by atoms with E-state index in [0.717, 1.165) is 10.1 Å². The zero-order valence-corrected chi connectivity index (χ0v) is 17.2. The molecular weight excluding hydrogens is 467 g/mol. The average molecular weight is 478 g/mol. The molecule has 0 spiro atoms. The molecule has 0 saturated heterocycles. The molecule has 0 fully saturated rings. The maximum absolute atomic E-state index is 13.0. The van der Waals surface area contributed by atoms with Crippen LogP contribution in [0.2, 0.25) is 10.2 Å². The summed E-state index contributed by atoms with van der Waals surface area (Å²) >= 11 is 15.2. The molecule has 2 aliphatic heterocycles. The van der Waals surface area contributed by atoms with E-state index in [2.05, 4.69) is 25.9 Å². The molecule has 4 rings (SSSR count). The predicted molar refractivity (Wildman–Crippen MR) is 112 cm³/mol. The fourth-order valence-corrected chi connectivity index (χ4v) is 3.86. The van der Waals surface area contributed by atoms with Crippen molar-refractivity contribution in [2.75, 3.05) is 0 Å². The second-order valence-corrected chi connectivity index (χ2v) is 7.76. The highest BCUT2D eigenvalue weighted by Gasteiger charge is 2.18. The standard InChI is InChI=1S/C19H11BrCl2N4O2/c20-12-6-13(21)8-14(7-12)26-18(27)15-2-1-5-25(17(15)24-19(26)28)10-11-3-4-16(22)23-9-11/h1-9H,10H2. The van der Waals surface area contributed by atoms with Gasteiger partial charge in [-0.1, -0.05) is 45.2 Å². The second-order valence-electron chi connectivity index (χ2n) is 6.03. The van der Waals surface area contributed by atoms with Crippen molar-refractivity contribution in [3.8, 4) is 17.1 Å². The van der Waals surface area contributed by atoms with E-state index in [1.54, 1.807) is 53.4 Å². The Bertz CT molecular complexity index is 1250. The first-order valence-corrected chi connectivity index (χ1v) is 9.66. The van der Waals surface area contributed by atoms with Gasteiger partial charge in [-0.25, -0.2) is 14.3 Å². The number of hydrogen-bond donors (Lipinski definition) is 0. The second kappa shape index (κ2) is 7.50. The average Bonchev–Trinajstić information content (AvgIpc) is 2.63. The van der Waals surface area contributed by atoms with Gasteiger partial charge in [0.25, 0.3) is 5.56 Å². The van der Waals surface area contributed by atoms with Crippen molar-refractivity contribution in [3.05, 3.63) is 95.9 Å². The molecule has 3 heterocycles. The number of hydrogen-bond acceptors (Lipinski definition) is 4. The van der Waals surface area contributed by atoms with Gasteiger partial charge in [-0.2, -0.15) is 4.98 Å². The summed E-state index contributed by atoms with van der Waals surface area (Å²) in [6, 6.07) is 11.7. The molecule has 0 aliphatic carbocycles. The van der Waals surface area contributed by atoms with Crippen LogP contribution in [-0.4, -0.2) is 19.1 Å². The first-order valence-electron chi connectivity index (χ1n) is 8.11. The molecule has 2 aromatic rings. The normalized spacial score (nSPS) is 11.1. The highest BCUT2D eigenvalue weighted by Crippen LogP contribution is 2.22. The van der Waals surface area contributed by atoms with Gasteiger partial charge in [0.2, 0.25) is 0 Å². The molecule has 0 atom stereocenters. The lowest BCUT2D eigenvalue weighted by Crippen LogP contribution is -2.36. The highest BCUT2D eigenvalue weighted by molar-refractivity contribution is 9.10. The summed E-state index contributed by atoms with van der Waals surface area (Å²) in [4.78, 5) is 33.9. The van der Waals surface area contributed by atoms with Crippen molar-refractivity contribution >= 4 is 39.1 Å². The quantitative estimate of drug-likeness (QED) is 0.418. The Labute approximate surface area is 177 Å². The first-order chi connectivity index (χ1) is 13.4. The topological polar surface area (TPSA) is 69.8 Å². The minimum absolute atomic E-state index is 0.296. The molecule has 0 saturated carbocycles. The molecule has 0 N–H and O–H groups in total. The van der Waals surface area contributed by atoms with Crippen LogP contribution in [0.5, 0.6) is 0 Å². The Morgan fingerprint density at radius 2 is 1.89 bits per heavy atom. The van der Waals surface area contributed by atoms with Crippen LogP contribution in [0.3, 0.4) is 0 Å². The summed E-state index contributed by atoms with van der Waals surface area (Å²) in [6.45, 7) is 0.389. The summed E-state index contributed by atoms with van der Waals surface area (Å²) in [5.74, 6) is 0.296. The van der Waals surface area contributed by atoms with Gasteiger partial charge in [0.15, 0.2) is 5.82 Å². The lowest BCUT2D eigenvalue weighted by Gasteiger charge is -2.15. The molecule has 0 unspecified atom stereocenters. The van der Waals surface area contributed by atoms with Crippen molar-refractivity contribution in [1.82, 2.24) is 19.1 Å². The molecule has 1 aromatic heterocycles. The molecule has 0 amide bonds. The number of rotatable bonds is 3. The predicted octanol–water partition coefficient (Wildman–Crippen LogP) is 4.01. The smallest absolute Gasteiger partial charge is 0.328 e. The van der Waals surface area contributed by atoms with Crippen LogP contribution >= 0.6 is 39.1 Å². The lowest BCUT2D eigenvalue weighted by molar-refractivity contribution is 0.750. The van der Waals surface area contributed by atoms with Gasteiger partial charge in [0.05, 0.1) is 17.8 Å². The van der Waals surface area contributed by atoms with Gasteiger partial charge >= 0.3 is 5.69 Å². The molecule has 1 aromatic carbocycles. The van der Waals surface area contributed by atoms with Gasteiger partial charge in [0.1, 0.15) is 5.15 Å². The van der Waals surface area contributed by atoms with Crippen molar-refractivity contribution < 1.29 is 0 Å². The number of aromatic nitrogens is 4. The van der Waals surface area contributed by atoms with Crippen molar-refractivity contribution in [2.45, 2.75) is 6.54 Å². The summed E-state index contributed by atoms with van der Waals surface area (Å²) in [5, 5.41) is 0.788. The number of benzene rings is 1. The Morgan fingerprint density at radius 1 is 1.07 bits per heavy atom. The fourth-order valence-electron chi connectivity index (χ4n) is 2.90. The van der Waals surface area contributed by atoms with E-state index in [-0.39, 0.29) is 0 Å². The zero-order chi connectivity index (χ0) is 19.8. The Balaban J connectivity index is 1.88. The van der Waals surface area contributed by atoms with Crippen molar-refractivity contribution in [1.29, 1.82) is 0 Å². The van der Waals surface area contributed by atoms with Gasteiger partial charge in [0, 0.05) is 21.9 Å². The number of nitrogens with zero attached hydrogens (tertiary/aromatic N) is 4. The minimum atomic E-state index is -0.680. The molecule has 140 valence electrons. The Hall–Kier alpha value is -2.48. The largest absolute Gasteiger partial charge is 0.357 e. The van der Waals surface area contributed by atoms with Gasteiger partial charge in [-0.3, -0.25) is 4.79 Å². The molecule has 2 aliphatic rings. The third-order valence-corrected chi connectivity index (χ3v) is 5.01. The van der Waals surface area contributed by atoms with E-state index in [1.807, 2.05) is 6.07 Å². The maximum Gasteiger partial charge on any atom is 0.357 e. The number of pyridine rings is 2. The third-order valence-electron chi connectivity index (χ3n) is 4.12. The molecule has 0 bridgehead atoms. The van der Waals surface area contributed by atoms with Crippen LogP contribution in [0, 0.1) is 0 Å². The van der Waals surface area contributed by atoms with E-state index in [1.165, 1.54) is 0 Å². The van der Waals surface area contributed by atoms with E-state index in [9.17, 15) is 9.59 Å². The van der Waals surface area contributed by atoms with Crippen LogP contribution in [0.4, 0.5) is 0 Å². The molecular formula is C19H11BrCl2N4O2. The fraction of sp³-hybridized carbons (Fsp3) is 0.0526. The van der Waals surface area contributed by atoms with E-state index >= 15 is 0 Å². The van der Waals surface area contributed by atoms with Gasteiger partial charge in [-0.05, 0) is 42.0 Å². The summed E-state index contributed by atoms with van der Waals surface area (Å²) in [5.41, 5.74) is 0.383. The monoisotopic (exact) mass is 476 g/mol. The van der Waals surface area contributed by atoms with Gasteiger partial charge in [-0.15, -0.1) is 0 Å². The Morgan fingerprint density at radius 3 is 2.61 bits per heavy atom. The number of halogens is 3. The maximum atomic E-state index is 13.0. The Kier molecular flexibility index (Phi) is 5.05. The van der Waals surface area contributed by atoms with Crippen molar-refractivity contribution in [3.63, 3.8) is 0 Å². The number of fused-ring (bicyclic) bond motifs is 1. The molecule has 0 radical (unpaired) electrons. The molecule has 9 heteroatoms. The van der Waals surface area contributed by atoms with Crippen LogP contribution in [0.15, 0.2) is 68.9 Å². The summed E-state index contributed by atoms with van der Waals surface area (Å²) in [6.07, 6.45) is 3.39. The van der Waals surface area contributed by atoms with Crippen molar-refractivity contribution in [2.24, 2.45) is 0 Å². The summed E-state index contributed by atoms with van der Waals surface area (Å²) < 4.78 is 3.38.